The molecule has 25 heavy (non-hydrogen) atoms. The van der Waals surface area contributed by atoms with Gasteiger partial charge < -0.3 is 5.11 Å². The van der Waals surface area contributed by atoms with Gasteiger partial charge in [-0.15, -0.1) is 0 Å². The molecule has 1 heterocycles. The first-order valence-electron chi connectivity index (χ1n) is 8.45. The summed E-state index contributed by atoms with van der Waals surface area (Å²) in [5.41, 5.74) is 3.24. The molecule has 1 N–H and O–H groups in total. The summed E-state index contributed by atoms with van der Waals surface area (Å²) in [7, 11) is 0. The third-order valence-corrected chi connectivity index (χ3v) is 4.44. The Morgan fingerprint density at radius 1 is 1.24 bits per heavy atom. The maximum Gasteiger partial charge on any atom is 0.123 e. The molecule has 1 atom stereocenters. The van der Waals surface area contributed by atoms with Crippen LogP contribution in [0.4, 0.5) is 4.39 Å². The normalized spacial score (nSPS) is 14.7. The fourth-order valence-electron chi connectivity index (χ4n) is 3.19. The minimum absolute atomic E-state index is 0.263. The second kappa shape index (κ2) is 6.81. The molecule has 3 rings (SSSR count). The molecule has 3 aromatic rings. The summed E-state index contributed by atoms with van der Waals surface area (Å²) in [5.74, 6) is -0.263. The van der Waals surface area contributed by atoms with E-state index in [1.54, 1.807) is 23.0 Å². The Hall–Kier alpha value is -2.46. The van der Waals surface area contributed by atoms with Gasteiger partial charge in [0.1, 0.15) is 5.82 Å². The third-order valence-electron chi connectivity index (χ3n) is 4.44. The predicted molar refractivity (Wildman–Crippen MR) is 99.4 cm³/mol. The van der Waals surface area contributed by atoms with E-state index < -0.39 is 5.60 Å². The van der Waals surface area contributed by atoms with E-state index in [0.29, 0.717) is 12.8 Å². The molecule has 0 bridgehead atoms. The Balaban J connectivity index is 1.88. The van der Waals surface area contributed by atoms with E-state index in [9.17, 15) is 9.50 Å². The Kier molecular flexibility index (Phi) is 4.73. The topological polar surface area (TPSA) is 38.1 Å². The second-order valence-electron chi connectivity index (χ2n) is 6.91. The van der Waals surface area contributed by atoms with E-state index in [2.05, 4.69) is 11.2 Å². The summed E-state index contributed by atoms with van der Waals surface area (Å²) >= 11 is 0. The Morgan fingerprint density at radius 2 is 1.96 bits per heavy atom. The highest BCUT2D eigenvalue weighted by molar-refractivity contribution is 5.81. The molecular formula is C21H23FN2O. The second-order valence-corrected chi connectivity index (χ2v) is 6.91. The van der Waals surface area contributed by atoms with Crippen LogP contribution in [-0.2, 0) is 6.42 Å². The van der Waals surface area contributed by atoms with Crippen LogP contribution >= 0.6 is 0 Å². The first-order valence-corrected chi connectivity index (χ1v) is 8.45. The van der Waals surface area contributed by atoms with E-state index in [0.717, 1.165) is 22.2 Å². The number of benzene rings is 2. The number of aromatic nitrogens is 2. The molecule has 0 aliphatic rings. The van der Waals surface area contributed by atoms with E-state index >= 15 is 0 Å². The zero-order valence-electron chi connectivity index (χ0n) is 14.8. The highest BCUT2D eigenvalue weighted by atomic mass is 19.1. The van der Waals surface area contributed by atoms with Crippen molar-refractivity contribution in [3.05, 3.63) is 71.7 Å². The fourth-order valence-corrected chi connectivity index (χ4v) is 3.19. The molecule has 130 valence electrons. The number of aliphatic hydroxyl groups is 1. The first kappa shape index (κ1) is 17.4. The van der Waals surface area contributed by atoms with Crippen molar-refractivity contribution in [1.29, 1.82) is 0 Å². The van der Waals surface area contributed by atoms with Gasteiger partial charge in [-0.1, -0.05) is 17.7 Å². The zero-order valence-corrected chi connectivity index (χ0v) is 14.8. The summed E-state index contributed by atoms with van der Waals surface area (Å²) in [4.78, 5) is 0. The van der Waals surface area contributed by atoms with Crippen molar-refractivity contribution in [2.45, 2.75) is 39.2 Å². The smallest absolute Gasteiger partial charge is 0.123 e. The van der Waals surface area contributed by atoms with Gasteiger partial charge >= 0.3 is 0 Å². The van der Waals surface area contributed by atoms with Crippen LogP contribution < -0.4 is 0 Å². The van der Waals surface area contributed by atoms with Crippen molar-refractivity contribution in [3.8, 4) is 5.69 Å². The molecule has 0 fully saturated rings. The summed E-state index contributed by atoms with van der Waals surface area (Å²) in [6, 6.07) is 12.3. The van der Waals surface area contributed by atoms with Crippen LogP contribution in [0, 0.1) is 5.82 Å². The van der Waals surface area contributed by atoms with Crippen molar-refractivity contribution >= 4 is 10.9 Å². The number of hydrogen-bond donors (Lipinski definition) is 1. The summed E-state index contributed by atoms with van der Waals surface area (Å²) in [6.45, 7) is 5.89. The molecule has 0 radical (unpaired) electrons. The average molecular weight is 338 g/mol. The largest absolute Gasteiger partial charge is 0.390 e. The highest BCUT2D eigenvalue weighted by Crippen LogP contribution is 2.25. The van der Waals surface area contributed by atoms with Crippen LogP contribution in [0.5, 0.6) is 0 Å². The number of halogens is 1. The van der Waals surface area contributed by atoms with Crippen molar-refractivity contribution in [2.24, 2.45) is 0 Å². The number of nitrogens with zero attached hydrogens (tertiary/aromatic N) is 2. The number of fused-ring (bicyclic) bond motifs is 1. The van der Waals surface area contributed by atoms with Crippen LogP contribution in [-0.4, -0.2) is 20.5 Å². The van der Waals surface area contributed by atoms with Gasteiger partial charge in [-0.25, -0.2) is 9.07 Å². The number of allylic oxidation sites excluding steroid dienone is 1. The molecule has 1 aromatic heterocycles. The van der Waals surface area contributed by atoms with Gasteiger partial charge in [0.25, 0.3) is 0 Å². The minimum atomic E-state index is -0.781. The fraction of sp³-hybridized carbons (Fsp3) is 0.286. The van der Waals surface area contributed by atoms with Crippen molar-refractivity contribution in [2.75, 3.05) is 0 Å². The molecule has 0 amide bonds. The lowest BCUT2D eigenvalue weighted by molar-refractivity contribution is 0.0608. The molecule has 3 nitrogen and oxygen atoms in total. The SMILES string of the molecule is C/C=C(\C)CC(C)(O)Cc1ccc2c(cnn2-c2ccc(F)cc2)c1. The van der Waals surface area contributed by atoms with Crippen molar-refractivity contribution in [3.63, 3.8) is 0 Å². The molecular weight excluding hydrogens is 315 g/mol. The number of rotatable bonds is 5. The first-order chi connectivity index (χ1) is 11.9. The summed E-state index contributed by atoms with van der Waals surface area (Å²) < 4.78 is 14.9. The molecule has 0 saturated carbocycles. The molecule has 4 heteroatoms. The lowest BCUT2D eigenvalue weighted by Crippen LogP contribution is -2.27. The predicted octanol–water partition coefficient (Wildman–Crippen LogP) is 4.81. The maximum absolute atomic E-state index is 13.1. The average Bonchev–Trinajstić information content (AvgIpc) is 2.97. The van der Waals surface area contributed by atoms with Gasteiger partial charge in [-0.2, -0.15) is 5.10 Å². The van der Waals surface area contributed by atoms with Gasteiger partial charge in [0, 0.05) is 11.8 Å². The minimum Gasteiger partial charge on any atom is -0.390 e. The van der Waals surface area contributed by atoms with Crippen LogP contribution in [0.1, 0.15) is 32.8 Å². The van der Waals surface area contributed by atoms with Crippen LogP contribution in [0.3, 0.4) is 0 Å². The molecule has 0 saturated heterocycles. The monoisotopic (exact) mass is 338 g/mol. The Labute approximate surface area is 147 Å². The standard InChI is InChI=1S/C21H23FN2O/c1-4-15(2)12-21(3,25)13-16-5-10-20-17(11-16)14-23-24(20)19-8-6-18(22)7-9-19/h4-11,14,25H,12-13H2,1-3H3/b15-4+. The summed E-state index contributed by atoms with van der Waals surface area (Å²) in [5, 5.41) is 16.1. The van der Waals surface area contributed by atoms with Gasteiger partial charge in [0.15, 0.2) is 0 Å². The van der Waals surface area contributed by atoms with E-state index in [4.69, 9.17) is 0 Å². The Morgan fingerprint density at radius 3 is 2.64 bits per heavy atom. The van der Waals surface area contributed by atoms with Crippen LogP contribution in [0.2, 0.25) is 0 Å². The van der Waals surface area contributed by atoms with Crippen molar-refractivity contribution in [1.82, 2.24) is 9.78 Å². The molecule has 0 spiro atoms. The lowest BCUT2D eigenvalue weighted by Gasteiger charge is -2.24. The third kappa shape index (κ3) is 3.97. The van der Waals surface area contributed by atoms with Gasteiger partial charge in [-0.05, 0) is 69.2 Å². The number of hydrogen-bond acceptors (Lipinski definition) is 2. The quantitative estimate of drug-likeness (QED) is 0.678. The van der Waals surface area contributed by atoms with Gasteiger partial charge in [-0.3, -0.25) is 0 Å². The summed E-state index contributed by atoms with van der Waals surface area (Å²) in [6.07, 6.45) is 5.06. The van der Waals surface area contributed by atoms with Gasteiger partial charge in [0.05, 0.1) is 23.0 Å². The van der Waals surface area contributed by atoms with Gasteiger partial charge in [0.2, 0.25) is 0 Å². The Bertz CT molecular complexity index is 907. The molecule has 0 aliphatic carbocycles. The lowest BCUT2D eigenvalue weighted by atomic mass is 9.90. The van der Waals surface area contributed by atoms with Crippen LogP contribution in [0.15, 0.2) is 60.3 Å². The zero-order chi connectivity index (χ0) is 18.0. The van der Waals surface area contributed by atoms with E-state index in [1.165, 1.54) is 17.7 Å². The van der Waals surface area contributed by atoms with E-state index in [1.807, 2.05) is 39.0 Å². The molecule has 1 unspecified atom stereocenters. The molecule has 0 aliphatic heterocycles. The molecule has 2 aromatic carbocycles. The maximum atomic E-state index is 13.1. The van der Waals surface area contributed by atoms with E-state index in [-0.39, 0.29) is 5.82 Å². The highest BCUT2D eigenvalue weighted by Gasteiger charge is 2.21. The van der Waals surface area contributed by atoms with Crippen molar-refractivity contribution < 1.29 is 9.50 Å². The van der Waals surface area contributed by atoms with Crippen LogP contribution in [0.25, 0.3) is 16.6 Å².